The molecule has 5 aliphatic heterocycles. The van der Waals surface area contributed by atoms with Crippen molar-refractivity contribution in [3.8, 4) is 0 Å². The van der Waals surface area contributed by atoms with Gasteiger partial charge in [0.15, 0.2) is 0 Å². The highest BCUT2D eigenvalue weighted by Crippen LogP contribution is 2.30. The van der Waals surface area contributed by atoms with Crippen LogP contribution in [0.4, 0.5) is 0 Å². The monoisotopic (exact) mass is 791 g/mol. The minimum Gasteiger partial charge on any atom is -0.426 e. The molecule has 6 rings (SSSR count). The number of hydrogen-bond donors (Lipinski definition) is 4. The first-order valence-corrected chi connectivity index (χ1v) is 19.8. The second-order valence-corrected chi connectivity index (χ2v) is 15.7. The fourth-order valence-electron chi connectivity index (χ4n) is 8.43. The SMILES string of the molecule is C[C@@H](NC(=O)C1CCC(CNC(=O)CC[C@@H]2C(=O)OC34OC(=O)CN5CCN(CCN2CCN(CC5)CC(=O)O3)CC(=O)O4)CC1)C(=O)N1CCC[C@H]1B(O)O. The van der Waals surface area contributed by atoms with Crippen molar-refractivity contribution in [1.82, 2.24) is 35.1 Å². The third-order valence-corrected chi connectivity index (χ3v) is 11.7. The van der Waals surface area contributed by atoms with E-state index in [9.17, 15) is 43.6 Å². The van der Waals surface area contributed by atoms with E-state index in [2.05, 4.69) is 10.6 Å². The lowest BCUT2D eigenvalue weighted by Crippen LogP contribution is -2.53. The van der Waals surface area contributed by atoms with Crippen molar-refractivity contribution >= 4 is 48.7 Å². The first-order valence-electron chi connectivity index (χ1n) is 19.8. The van der Waals surface area contributed by atoms with Gasteiger partial charge in [0, 0.05) is 77.8 Å². The Hall–Kier alpha value is -3.89. The van der Waals surface area contributed by atoms with Crippen molar-refractivity contribution in [2.75, 3.05) is 85.1 Å². The van der Waals surface area contributed by atoms with Gasteiger partial charge in [-0.05, 0) is 57.8 Å². The quantitative estimate of drug-likeness (QED) is 0.132. The molecule has 5 bridgehead atoms. The Morgan fingerprint density at radius 2 is 1.30 bits per heavy atom. The molecule has 6 fully saturated rings. The molecule has 1 aliphatic carbocycles. The van der Waals surface area contributed by atoms with Crippen LogP contribution in [-0.4, -0.2) is 193 Å². The third-order valence-electron chi connectivity index (χ3n) is 11.7. The molecule has 4 N–H and O–H groups in total. The number of nitrogens with zero attached hydrogens (tertiary/aromatic N) is 5. The number of hydrogen-bond acceptors (Lipinski definition) is 17. The number of nitrogens with one attached hydrogen (secondary N) is 2. The van der Waals surface area contributed by atoms with Gasteiger partial charge in [-0.25, -0.2) is 0 Å². The van der Waals surface area contributed by atoms with Crippen molar-refractivity contribution in [2.45, 2.75) is 82.5 Å². The van der Waals surface area contributed by atoms with Crippen LogP contribution in [0.25, 0.3) is 0 Å². The van der Waals surface area contributed by atoms with E-state index in [0.29, 0.717) is 104 Å². The van der Waals surface area contributed by atoms with Crippen molar-refractivity contribution in [2.24, 2.45) is 11.8 Å². The molecule has 0 aromatic heterocycles. The molecule has 56 heavy (non-hydrogen) atoms. The summed E-state index contributed by atoms with van der Waals surface area (Å²) < 4.78 is 21.8. The maximum atomic E-state index is 14.0. The van der Waals surface area contributed by atoms with Crippen LogP contribution < -0.4 is 10.6 Å². The van der Waals surface area contributed by atoms with Crippen LogP contribution in [0.2, 0.25) is 0 Å². The van der Waals surface area contributed by atoms with E-state index in [1.807, 2.05) is 19.6 Å². The summed E-state index contributed by atoms with van der Waals surface area (Å²) in [4.78, 5) is 101. The zero-order valence-electron chi connectivity index (χ0n) is 31.9. The molecule has 21 heteroatoms. The summed E-state index contributed by atoms with van der Waals surface area (Å²) in [7, 11) is -1.63. The lowest BCUT2D eigenvalue weighted by Gasteiger charge is -2.35. The van der Waals surface area contributed by atoms with Crippen LogP contribution in [0.15, 0.2) is 0 Å². The van der Waals surface area contributed by atoms with Gasteiger partial charge in [-0.2, -0.15) is 0 Å². The van der Waals surface area contributed by atoms with Gasteiger partial charge in [0.25, 0.3) is 0 Å². The number of likely N-dealkylation sites (tertiary alicyclic amines) is 1. The first kappa shape index (κ1) is 41.7. The summed E-state index contributed by atoms with van der Waals surface area (Å²) in [5, 5.41) is 25.0. The molecular weight excluding hydrogens is 737 g/mol. The zero-order valence-corrected chi connectivity index (χ0v) is 31.9. The van der Waals surface area contributed by atoms with Crippen molar-refractivity contribution in [3.05, 3.63) is 0 Å². The predicted octanol–water partition coefficient (Wildman–Crippen LogP) is -3.39. The molecule has 5 atom stereocenters. The fourth-order valence-corrected chi connectivity index (χ4v) is 8.43. The number of carbonyl (C=O) groups excluding carboxylic acids is 7. The van der Waals surface area contributed by atoms with Crippen molar-refractivity contribution < 1.29 is 62.6 Å². The Kier molecular flexibility index (Phi) is 13.9. The van der Waals surface area contributed by atoms with Gasteiger partial charge in [0.05, 0.1) is 25.6 Å². The Morgan fingerprint density at radius 1 is 0.768 bits per heavy atom. The van der Waals surface area contributed by atoms with E-state index in [0.717, 1.165) is 0 Å². The van der Waals surface area contributed by atoms with Crippen molar-refractivity contribution in [1.29, 1.82) is 0 Å². The molecule has 0 aromatic rings. The molecule has 310 valence electrons. The molecule has 5 heterocycles. The molecule has 20 nitrogen and oxygen atoms in total. The van der Waals surface area contributed by atoms with E-state index in [1.165, 1.54) is 4.90 Å². The van der Waals surface area contributed by atoms with Gasteiger partial charge >= 0.3 is 37.2 Å². The average molecular weight is 792 g/mol. The van der Waals surface area contributed by atoms with Crippen LogP contribution in [0.5, 0.6) is 0 Å². The van der Waals surface area contributed by atoms with Crippen LogP contribution in [0.3, 0.4) is 0 Å². The summed E-state index contributed by atoms with van der Waals surface area (Å²) in [6.45, 7) is 4.73. The van der Waals surface area contributed by atoms with Crippen molar-refractivity contribution in [3.63, 3.8) is 0 Å². The molecule has 2 unspecified atom stereocenters. The van der Waals surface area contributed by atoms with E-state index < -0.39 is 55.2 Å². The lowest BCUT2D eigenvalue weighted by atomic mass is 9.77. The summed E-state index contributed by atoms with van der Waals surface area (Å²) in [5.41, 5.74) is 0. The second-order valence-electron chi connectivity index (χ2n) is 15.7. The van der Waals surface area contributed by atoms with Crippen LogP contribution >= 0.6 is 0 Å². The fraction of sp³-hybridized carbons (Fsp3) is 0.800. The summed E-state index contributed by atoms with van der Waals surface area (Å²) in [6, 6.07) is -1.85. The molecule has 0 radical (unpaired) electrons. The number of amides is 3. The smallest absolute Gasteiger partial charge is 0.426 e. The molecule has 3 amide bonds. The Bertz CT molecular complexity index is 1440. The second kappa shape index (κ2) is 18.6. The van der Waals surface area contributed by atoms with Gasteiger partial charge in [0.1, 0.15) is 12.1 Å². The minimum absolute atomic E-state index is 0.00359. The van der Waals surface area contributed by atoms with E-state index in [-0.39, 0.29) is 62.0 Å². The van der Waals surface area contributed by atoms with E-state index in [1.54, 1.807) is 6.92 Å². The molecular formula is C35H54BN7O13. The number of rotatable bonds is 9. The number of esters is 4. The maximum absolute atomic E-state index is 14.0. The highest BCUT2D eigenvalue weighted by molar-refractivity contribution is 6.43. The predicted molar refractivity (Wildman–Crippen MR) is 192 cm³/mol. The standard InChI is InChI=1S/C35H54BN7O13/c1-23(33(49)43-10-2-3-27(43)36(51)52)38-32(48)25-6-4-24(5-7-25)19-37-28(44)9-8-26-34(50)56-35-53-29(45)20-39-11-13-40(21-30(46)54-35)15-17-42(26)18-16-41(14-12-39)22-31(47)55-35/h23-27,51-52H,2-22H2,1H3,(H,37,44)(H,38,48)/t23-,24?,25?,26-,27+/m1/s1. The summed E-state index contributed by atoms with van der Waals surface area (Å²) in [5.74, 6) is -5.48. The van der Waals surface area contributed by atoms with Gasteiger partial charge in [-0.15, -0.1) is 0 Å². The number of fused-ring (bicyclic) bond motifs is 12. The van der Waals surface area contributed by atoms with Crippen LogP contribution in [0.1, 0.15) is 58.3 Å². The van der Waals surface area contributed by atoms with Gasteiger partial charge in [-0.1, -0.05) is 0 Å². The number of ether oxygens (including phenoxy) is 4. The maximum Gasteiger partial charge on any atom is 0.619 e. The van der Waals surface area contributed by atoms with Gasteiger partial charge < -0.3 is 44.5 Å². The molecule has 0 aromatic carbocycles. The van der Waals surface area contributed by atoms with Crippen LogP contribution in [-0.2, 0) is 52.5 Å². The molecule has 1 spiro atoms. The molecule has 1 saturated carbocycles. The Morgan fingerprint density at radius 3 is 1.84 bits per heavy atom. The lowest BCUT2D eigenvalue weighted by molar-refractivity contribution is -0.432. The highest BCUT2D eigenvalue weighted by atomic mass is 17.0. The molecule has 6 aliphatic rings. The Labute approximate surface area is 325 Å². The minimum atomic E-state index is -3.08. The molecule has 5 saturated heterocycles. The topological polar surface area (TPSA) is 237 Å². The largest absolute Gasteiger partial charge is 0.619 e. The zero-order chi connectivity index (χ0) is 40.0. The first-order chi connectivity index (χ1) is 26.8. The average Bonchev–Trinajstić information content (AvgIpc) is 3.62. The normalized spacial score (nSPS) is 34.5. The van der Waals surface area contributed by atoms with E-state index >= 15 is 0 Å². The van der Waals surface area contributed by atoms with Crippen LogP contribution in [0, 0.1) is 11.8 Å². The summed E-state index contributed by atoms with van der Waals surface area (Å²) >= 11 is 0. The van der Waals surface area contributed by atoms with Gasteiger partial charge in [0.2, 0.25) is 17.7 Å². The summed E-state index contributed by atoms with van der Waals surface area (Å²) in [6.07, 6.45) is 0.511. The number of carbonyl (C=O) groups is 7. The third kappa shape index (κ3) is 10.7. The van der Waals surface area contributed by atoms with E-state index in [4.69, 9.17) is 18.9 Å². The highest BCUT2D eigenvalue weighted by Gasteiger charge is 2.53. The van der Waals surface area contributed by atoms with Gasteiger partial charge in [-0.3, -0.25) is 53.2 Å². The Balaban J connectivity index is 1.05.